The predicted molar refractivity (Wildman–Crippen MR) is 102 cm³/mol. The van der Waals surface area contributed by atoms with Crippen LogP contribution in [-0.4, -0.2) is 52.8 Å². The molecule has 1 saturated heterocycles. The van der Waals surface area contributed by atoms with E-state index in [1.54, 1.807) is 46.3 Å². The Hall–Kier alpha value is -2.31. The summed E-state index contributed by atoms with van der Waals surface area (Å²) in [5.74, 6) is -0.106. The number of hydrogen-bond acceptors (Lipinski definition) is 4. The zero-order valence-corrected chi connectivity index (χ0v) is 15.7. The SMILES string of the molecule is CC(=O)N1CCN(C(=O)c2ccc(Nc3cc(Cl)ccc3Cl)cn2)CC1. The van der Waals surface area contributed by atoms with Crippen molar-refractivity contribution in [2.75, 3.05) is 31.5 Å². The van der Waals surface area contributed by atoms with Gasteiger partial charge in [-0.3, -0.25) is 9.59 Å². The van der Waals surface area contributed by atoms with Gasteiger partial charge in [0, 0.05) is 38.1 Å². The molecule has 0 bridgehead atoms. The molecule has 0 radical (unpaired) electrons. The van der Waals surface area contributed by atoms with Crippen LogP contribution in [0.4, 0.5) is 11.4 Å². The van der Waals surface area contributed by atoms with E-state index in [1.165, 1.54) is 6.92 Å². The van der Waals surface area contributed by atoms with Crippen molar-refractivity contribution >= 4 is 46.4 Å². The molecule has 26 heavy (non-hydrogen) atoms. The number of carbonyl (C=O) groups excluding carboxylic acids is 2. The lowest BCUT2D eigenvalue weighted by atomic mass is 10.2. The normalized spacial score (nSPS) is 14.3. The molecule has 1 aliphatic rings. The highest BCUT2D eigenvalue weighted by atomic mass is 35.5. The van der Waals surface area contributed by atoms with Crippen molar-refractivity contribution in [1.29, 1.82) is 0 Å². The Labute approximate surface area is 161 Å². The summed E-state index contributed by atoms with van der Waals surface area (Å²) in [6.45, 7) is 3.66. The fraction of sp³-hybridized carbons (Fsp3) is 0.278. The van der Waals surface area contributed by atoms with E-state index in [1.807, 2.05) is 0 Å². The highest BCUT2D eigenvalue weighted by Gasteiger charge is 2.23. The third-order valence-electron chi connectivity index (χ3n) is 4.20. The van der Waals surface area contributed by atoms with Gasteiger partial charge in [-0.1, -0.05) is 23.2 Å². The summed E-state index contributed by atoms with van der Waals surface area (Å²) in [5.41, 5.74) is 1.73. The number of nitrogens with zero attached hydrogens (tertiary/aromatic N) is 3. The van der Waals surface area contributed by atoms with Gasteiger partial charge < -0.3 is 15.1 Å². The van der Waals surface area contributed by atoms with Crippen LogP contribution < -0.4 is 5.32 Å². The summed E-state index contributed by atoms with van der Waals surface area (Å²) in [6, 6.07) is 8.57. The molecule has 0 atom stereocenters. The van der Waals surface area contributed by atoms with Gasteiger partial charge >= 0.3 is 0 Å². The smallest absolute Gasteiger partial charge is 0.272 e. The Balaban J connectivity index is 1.65. The van der Waals surface area contributed by atoms with Crippen molar-refractivity contribution in [2.45, 2.75) is 6.92 Å². The van der Waals surface area contributed by atoms with Gasteiger partial charge in [0.25, 0.3) is 5.91 Å². The van der Waals surface area contributed by atoms with Crippen LogP contribution in [0.5, 0.6) is 0 Å². The van der Waals surface area contributed by atoms with Crippen LogP contribution in [0.25, 0.3) is 0 Å². The Morgan fingerprint density at radius 1 is 1.04 bits per heavy atom. The van der Waals surface area contributed by atoms with E-state index in [0.29, 0.717) is 53.3 Å². The number of benzene rings is 1. The van der Waals surface area contributed by atoms with E-state index < -0.39 is 0 Å². The molecule has 1 aromatic carbocycles. The molecule has 1 aromatic heterocycles. The van der Waals surface area contributed by atoms with Gasteiger partial charge in [-0.05, 0) is 30.3 Å². The zero-order chi connectivity index (χ0) is 18.7. The first kappa shape index (κ1) is 18.5. The van der Waals surface area contributed by atoms with Crippen LogP contribution in [0.2, 0.25) is 10.0 Å². The van der Waals surface area contributed by atoms with Crippen molar-refractivity contribution in [3.8, 4) is 0 Å². The van der Waals surface area contributed by atoms with Gasteiger partial charge in [-0.15, -0.1) is 0 Å². The first-order chi connectivity index (χ1) is 12.4. The third-order valence-corrected chi connectivity index (χ3v) is 4.77. The third kappa shape index (κ3) is 4.26. The highest BCUT2D eigenvalue weighted by molar-refractivity contribution is 6.35. The fourth-order valence-electron chi connectivity index (χ4n) is 2.73. The maximum atomic E-state index is 12.5. The lowest BCUT2D eigenvalue weighted by molar-refractivity contribution is -0.130. The standard InChI is InChI=1S/C18H18Cl2N4O2/c1-12(25)23-6-8-24(9-7-23)18(26)16-5-3-14(11-21-16)22-17-10-13(19)2-4-15(17)20/h2-5,10-11,22H,6-9H2,1H3. The molecule has 2 heterocycles. The number of pyridine rings is 1. The molecule has 2 aromatic rings. The van der Waals surface area contributed by atoms with E-state index in [-0.39, 0.29) is 11.8 Å². The van der Waals surface area contributed by atoms with Gasteiger partial charge in [0.2, 0.25) is 5.91 Å². The van der Waals surface area contributed by atoms with Crippen LogP contribution in [0, 0.1) is 0 Å². The first-order valence-corrected chi connectivity index (χ1v) is 8.92. The fourth-order valence-corrected chi connectivity index (χ4v) is 3.07. The molecule has 0 saturated carbocycles. The molecule has 1 fully saturated rings. The summed E-state index contributed by atoms with van der Waals surface area (Å²) in [4.78, 5) is 31.6. The van der Waals surface area contributed by atoms with E-state index in [0.717, 1.165) is 0 Å². The highest BCUT2D eigenvalue weighted by Crippen LogP contribution is 2.28. The maximum Gasteiger partial charge on any atom is 0.272 e. The van der Waals surface area contributed by atoms with E-state index in [2.05, 4.69) is 10.3 Å². The molecule has 0 aliphatic carbocycles. The minimum atomic E-state index is -0.138. The number of rotatable bonds is 3. The topological polar surface area (TPSA) is 65.5 Å². The van der Waals surface area contributed by atoms with Crippen LogP contribution in [0.3, 0.4) is 0 Å². The van der Waals surface area contributed by atoms with Crippen LogP contribution in [-0.2, 0) is 4.79 Å². The van der Waals surface area contributed by atoms with Gasteiger partial charge in [-0.25, -0.2) is 4.98 Å². The average molecular weight is 393 g/mol. The molecule has 6 nitrogen and oxygen atoms in total. The number of amides is 2. The summed E-state index contributed by atoms with van der Waals surface area (Å²) in [5, 5.41) is 4.24. The van der Waals surface area contributed by atoms with Crippen molar-refractivity contribution in [3.63, 3.8) is 0 Å². The number of aromatic nitrogens is 1. The van der Waals surface area contributed by atoms with Crippen LogP contribution >= 0.6 is 23.2 Å². The second-order valence-electron chi connectivity index (χ2n) is 5.98. The first-order valence-electron chi connectivity index (χ1n) is 8.17. The molecular weight excluding hydrogens is 375 g/mol. The molecule has 1 N–H and O–H groups in total. The molecule has 0 spiro atoms. The quantitative estimate of drug-likeness (QED) is 0.868. The Bertz CT molecular complexity index is 818. The molecule has 0 unspecified atom stereocenters. The Morgan fingerprint density at radius 3 is 2.35 bits per heavy atom. The van der Waals surface area contributed by atoms with Gasteiger partial charge in [0.05, 0.1) is 22.6 Å². The lowest BCUT2D eigenvalue weighted by Gasteiger charge is -2.34. The average Bonchev–Trinajstić information content (AvgIpc) is 2.65. The van der Waals surface area contributed by atoms with E-state index in [9.17, 15) is 9.59 Å². The predicted octanol–water partition coefficient (Wildman–Crippen LogP) is 3.44. The van der Waals surface area contributed by atoms with Gasteiger partial charge in [0.15, 0.2) is 0 Å². The van der Waals surface area contributed by atoms with Crippen LogP contribution in [0.15, 0.2) is 36.5 Å². The zero-order valence-electron chi connectivity index (χ0n) is 14.2. The summed E-state index contributed by atoms with van der Waals surface area (Å²) in [6.07, 6.45) is 1.58. The molecular formula is C18H18Cl2N4O2. The Kier molecular flexibility index (Phi) is 5.64. The lowest BCUT2D eigenvalue weighted by Crippen LogP contribution is -2.50. The van der Waals surface area contributed by atoms with Crippen molar-refractivity contribution < 1.29 is 9.59 Å². The molecule has 136 valence electrons. The number of halogens is 2. The van der Waals surface area contributed by atoms with Gasteiger partial charge in [-0.2, -0.15) is 0 Å². The van der Waals surface area contributed by atoms with Crippen molar-refractivity contribution in [2.24, 2.45) is 0 Å². The number of carbonyl (C=O) groups is 2. The largest absolute Gasteiger partial charge is 0.353 e. The maximum absolute atomic E-state index is 12.5. The number of hydrogen-bond donors (Lipinski definition) is 1. The minimum Gasteiger partial charge on any atom is -0.353 e. The van der Waals surface area contributed by atoms with E-state index in [4.69, 9.17) is 23.2 Å². The summed E-state index contributed by atoms with van der Waals surface area (Å²) >= 11 is 12.1. The summed E-state index contributed by atoms with van der Waals surface area (Å²) in [7, 11) is 0. The molecule has 8 heteroatoms. The van der Waals surface area contributed by atoms with Crippen molar-refractivity contribution in [3.05, 3.63) is 52.3 Å². The number of anilines is 2. The number of nitrogens with one attached hydrogen (secondary N) is 1. The molecule has 3 rings (SSSR count). The van der Waals surface area contributed by atoms with Crippen LogP contribution in [0.1, 0.15) is 17.4 Å². The van der Waals surface area contributed by atoms with E-state index >= 15 is 0 Å². The molecule has 2 amide bonds. The van der Waals surface area contributed by atoms with Gasteiger partial charge in [0.1, 0.15) is 5.69 Å². The summed E-state index contributed by atoms with van der Waals surface area (Å²) < 4.78 is 0. The Morgan fingerprint density at radius 2 is 1.73 bits per heavy atom. The van der Waals surface area contributed by atoms with Crippen molar-refractivity contribution in [1.82, 2.24) is 14.8 Å². The second-order valence-corrected chi connectivity index (χ2v) is 6.82. The monoisotopic (exact) mass is 392 g/mol. The second kappa shape index (κ2) is 7.93. The minimum absolute atomic E-state index is 0.0327. The number of piperazine rings is 1. The molecule has 1 aliphatic heterocycles.